The van der Waals surface area contributed by atoms with Gasteiger partial charge in [-0.15, -0.1) is 0 Å². The zero-order valence-corrected chi connectivity index (χ0v) is 7.88. The number of rotatable bonds is 3. The second kappa shape index (κ2) is 3.75. The number of aryl methyl sites for hydroxylation is 1. The lowest BCUT2D eigenvalue weighted by Gasteiger charge is -2.27. The number of hydrogen-bond acceptors (Lipinski definition) is 3. The normalized spacial score (nSPS) is 16.7. The van der Waals surface area contributed by atoms with E-state index in [9.17, 15) is 0 Å². The Labute approximate surface area is 78.6 Å². The number of nitrogens with one attached hydrogen (secondary N) is 2. The maximum atomic E-state index is 4.15. The minimum absolute atomic E-state index is 0.800. The first kappa shape index (κ1) is 8.51. The zero-order chi connectivity index (χ0) is 9.10. The van der Waals surface area contributed by atoms with Crippen molar-refractivity contribution in [3.63, 3.8) is 0 Å². The van der Waals surface area contributed by atoms with E-state index >= 15 is 0 Å². The van der Waals surface area contributed by atoms with Crippen LogP contribution in [0.15, 0.2) is 18.3 Å². The third-order valence-corrected chi connectivity index (χ3v) is 2.36. The number of hydrogen-bond donors (Lipinski definition) is 2. The summed E-state index contributed by atoms with van der Waals surface area (Å²) in [6.07, 6.45) is 1.84. The van der Waals surface area contributed by atoms with Crippen LogP contribution in [0.2, 0.25) is 0 Å². The summed E-state index contributed by atoms with van der Waals surface area (Å²) in [4.78, 5) is 4.15. The fourth-order valence-electron chi connectivity index (χ4n) is 1.41. The van der Waals surface area contributed by atoms with Crippen LogP contribution < -0.4 is 10.6 Å². The molecular formula is C10H15N3. The molecular weight excluding hydrogens is 162 g/mol. The second-order valence-corrected chi connectivity index (χ2v) is 3.59. The fourth-order valence-corrected chi connectivity index (χ4v) is 1.41. The van der Waals surface area contributed by atoms with Crippen molar-refractivity contribution >= 4 is 5.69 Å². The van der Waals surface area contributed by atoms with Gasteiger partial charge in [-0.1, -0.05) is 0 Å². The fraction of sp³-hybridized carbons (Fsp3) is 0.500. The van der Waals surface area contributed by atoms with Crippen molar-refractivity contribution in [1.29, 1.82) is 0 Å². The molecule has 2 rings (SSSR count). The number of nitrogens with zero attached hydrogens (tertiary/aromatic N) is 1. The predicted octanol–water partition coefficient (Wildman–Crippen LogP) is 1.02. The van der Waals surface area contributed by atoms with Gasteiger partial charge in [0, 0.05) is 43.1 Å². The Morgan fingerprint density at radius 3 is 3.08 bits per heavy atom. The molecule has 0 radical (unpaired) electrons. The zero-order valence-electron chi connectivity index (χ0n) is 7.88. The van der Waals surface area contributed by atoms with Crippen molar-refractivity contribution in [3.8, 4) is 0 Å². The lowest BCUT2D eigenvalue weighted by Crippen LogP contribution is -2.45. The Hall–Kier alpha value is -1.09. The first-order valence-corrected chi connectivity index (χ1v) is 4.72. The van der Waals surface area contributed by atoms with Gasteiger partial charge in [0.15, 0.2) is 0 Å². The predicted molar refractivity (Wildman–Crippen MR) is 53.8 cm³/mol. The number of pyridine rings is 1. The molecule has 1 saturated heterocycles. The van der Waals surface area contributed by atoms with E-state index < -0.39 is 0 Å². The molecule has 3 nitrogen and oxygen atoms in total. The van der Waals surface area contributed by atoms with Gasteiger partial charge in [-0.2, -0.15) is 0 Å². The van der Waals surface area contributed by atoms with Gasteiger partial charge in [0.25, 0.3) is 0 Å². The highest BCUT2D eigenvalue weighted by Gasteiger charge is 2.15. The van der Waals surface area contributed by atoms with E-state index in [4.69, 9.17) is 0 Å². The molecule has 3 heteroatoms. The van der Waals surface area contributed by atoms with Crippen molar-refractivity contribution in [2.45, 2.75) is 6.92 Å². The highest BCUT2D eigenvalue weighted by atomic mass is 15.0. The van der Waals surface area contributed by atoms with E-state index in [0.717, 1.165) is 31.2 Å². The highest BCUT2D eigenvalue weighted by molar-refractivity contribution is 5.42. The molecule has 1 aliphatic rings. The van der Waals surface area contributed by atoms with Crippen LogP contribution in [0.1, 0.15) is 5.69 Å². The molecule has 0 atom stereocenters. The average molecular weight is 177 g/mol. The SMILES string of the molecule is Cc1cc(NCC2CNC2)ccn1. The molecule has 0 saturated carbocycles. The van der Waals surface area contributed by atoms with Gasteiger partial charge in [0.1, 0.15) is 0 Å². The highest BCUT2D eigenvalue weighted by Crippen LogP contribution is 2.09. The minimum Gasteiger partial charge on any atom is -0.385 e. The van der Waals surface area contributed by atoms with Crippen LogP contribution in [0.25, 0.3) is 0 Å². The molecule has 0 aliphatic carbocycles. The summed E-state index contributed by atoms with van der Waals surface area (Å²) in [7, 11) is 0. The van der Waals surface area contributed by atoms with Gasteiger partial charge in [-0.25, -0.2) is 0 Å². The summed E-state index contributed by atoms with van der Waals surface area (Å²) >= 11 is 0. The molecule has 1 aromatic rings. The van der Waals surface area contributed by atoms with E-state index in [1.165, 1.54) is 5.69 Å². The van der Waals surface area contributed by atoms with Crippen molar-refractivity contribution in [2.24, 2.45) is 5.92 Å². The third-order valence-electron chi connectivity index (χ3n) is 2.36. The van der Waals surface area contributed by atoms with E-state index in [2.05, 4.69) is 21.7 Å². The Morgan fingerprint density at radius 2 is 2.46 bits per heavy atom. The quantitative estimate of drug-likeness (QED) is 0.724. The first-order chi connectivity index (χ1) is 6.34. The maximum absolute atomic E-state index is 4.15. The molecule has 0 spiro atoms. The first-order valence-electron chi connectivity index (χ1n) is 4.72. The summed E-state index contributed by atoms with van der Waals surface area (Å²) < 4.78 is 0. The van der Waals surface area contributed by atoms with Crippen LogP contribution >= 0.6 is 0 Å². The van der Waals surface area contributed by atoms with E-state index in [1.807, 2.05) is 19.2 Å². The summed E-state index contributed by atoms with van der Waals surface area (Å²) in [5, 5.41) is 6.66. The molecule has 1 fully saturated rings. The number of anilines is 1. The molecule has 1 aliphatic heterocycles. The largest absolute Gasteiger partial charge is 0.385 e. The molecule has 2 heterocycles. The Kier molecular flexibility index (Phi) is 2.45. The number of aromatic nitrogens is 1. The van der Waals surface area contributed by atoms with Crippen LogP contribution in [-0.4, -0.2) is 24.6 Å². The molecule has 70 valence electrons. The lowest BCUT2D eigenvalue weighted by atomic mass is 10.0. The van der Waals surface area contributed by atoms with Gasteiger partial charge in [0.05, 0.1) is 0 Å². The van der Waals surface area contributed by atoms with Crippen molar-refractivity contribution < 1.29 is 0 Å². The third kappa shape index (κ3) is 2.18. The average Bonchev–Trinajstić information content (AvgIpc) is 2.01. The Balaban J connectivity index is 1.86. The monoisotopic (exact) mass is 177 g/mol. The van der Waals surface area contributed by atoms with Crippen molar-refractivity contribution in [2.75, 3.05) is 25.0 Å². The van der Waals surface area contributed by atoms with Crippen LogP contribution in [0.3, 0.4) is 0 Å². The molecule has 1 aromatic heterocycles. The molecule has 0 unspecified atom stereocenters. The summed E-state index contributed by atoms with van der Waals surface area (Å²) in [5.41, 5.74) is 2.25. The second-order valence-electron chi connectivity index (χ2n) is 3.59. The standard InChI is InChI=1S/C10H15N3/c1-8-4-10(2-3-12-8)13-7-9-5-11-6-9/h2-4,9,11H,5-7H2,1H3,(H,12,13). The topological polar surface area (TPSA) is 37.0 Å². The van der Waals surface area contributed by atoms with E-state index in [0.29, 0.717) is 0 Å². The molecule has 0 bridgehead atoms. The summed E-state index contributed by atoms with van der Waals surface area (Å²) in [6.45, 7) is 5.38. The van der Waals surface area contributed by atoms with Crippen LogP contribution in [0, 0.1) is 12.8 Å². The molecule has 2 N–H and O–H groups in total. The van der Waals surface area contributed by atoms with E-state index in [1.54, 1.807) is 0 Å². The lowest BCUT2D eigenvalue weighted by molar-refractivity contribution is 0.365. The van der Waals surface area contributed by atoms with Crippen LogP contribution in [0.4, 0.5) is 5.69 Å². The summed E-state index contributed by atoms with van der Waals surface area (Å²) in [6, 6.07) is 4.09. The maximum Gasteiger partial charge on any atom is 0.0393 e. The van der Waals surface area contributed by atoms with Gasteiger partial charge in [-0.05, 0) is 19.1 Å². The molecule has 13 heavy (non-hydrogen) atoms. The summed E-state index contributed by atoms with van der Waals surface area (Å²) in [5.74, 6) is 0.800. The Bertz CT molecular complexity index is 281. The van der Waals surface area contributed by atoms with E-state index in [-0.39, 0.29) is 0 Å². The van der Waals surface area contributed by atoms with Gasteiger partial charge in [-0.3, -0.25) is 4.98 Å². The smallest absolute Gasteiger partial charge is 0.0393 e. The van der Waals surface area contributed by atoms with Crippen molar-refractivity contribution in [3.05, 3.63) is 24.0 Å². The van der Waals surface area contributed by atoms with Crippen molar-refractivity contribution in [1.82, 2.24) is 10.3 Å². The van der Waals surface area contributed by atoms with Gasteiger partial charge in [0.2, 0.25) is 0 Å². The Morgan fingerprint density at radius 1 is 1.62 bits per heavy atom. The van der Waals surface area contributed by atoms with Gasteiger partial charge >= 0.3 is 0 Å². The minimum atomic E-state index is 0.800. The molecule has 0 aromatic carbocycles. The van der Waals surface area contributed by atoms with Crippen LogP contribution in [0.5, 0.6) is 0 Å². The van der Waals surface area contributed by atoms with Gasteiger partial charge < -0.3 is 10.6 Å². The molecule has 0 amide bonds. The van der Waals surface area contributed by atoms with Crippen LogP contribution in [-0.2, 0) is 0 Å².